The maximum absolute atomic E-state index is 12.9. The van der Waals surface area contributed by atoms with E-state index in [0.29, 0.717) is 17.2 Å². The van der Waals surface area contributed by atoms with Gasteiger partial charge in [-0.15, -0.1) is 5.10 Å². The molecule has 4 rings (SSSR count). The molecule has 3 N–H and O–H groups in total. The van der Waals surface area contributed by atoms with Gasteiger partial charge in [0.1, 0.15) is 5.69 Å². The fourth-order valence-corrected chi connectivity index (χ4v) is 3.10. The number of carbonyl (C=O) groups is 1. The van der Waals surface area contributed by atoms with Gasteiger partial charge in [0.25, 0.3) is 5.91 Å². The molecule has 0 saturated carbocycles. The Bertz CT molecular complexity index is 1120. The Morgan fingerprint density at radius 2 is 2.11 bits per heavy atom. The number of nitrogen functional groups attached to an aromatic ring is 1. The third-order valence-electron chi connectivity index (χ3n) is 4.49. The zero-order chi connectivity index (χ0) is 19.8. The molecule has 0 radical (unpaired) electrons. The van der Waals surface area contributed by atoms with Crippen LogP contribution in [0.1, 0.15) is 35.9 Å². The summed E-state index contributed by atoms with van der Waals surface area (Å²) in [5, 5.41) is 7.33. The summed E-state index contributed by atoms with van der Waals surface area (Å²) >= 11 is 0. The van der Waals surface area contributed by atoms with Crippen LogP contribution in [-0.2, 0) is 7.05 Å². The van der Waals surface area contributed by atoms with Crippen LogP contribution < -0.4 is 11.1 Å². The van der Waals surface area contributed by atoms with Crippen LogP contribution in [0, 0.1) is 5.92 Å². The third-order valence-corrected chi connectivity index (χ3v) is 4.49. The zero-order valence-corrected chi connectivity index (χ0v) is 15.8. The van der Waals surface area contributed by atoms with Crippen LogP contribution in [0.15, 0.2) is 47.3 Å². The van der Waals surface area contributed by atoms with Gasteiger partial charge in [0.15, 0.2) is 11.4 Å². The van der Waals surface area contributed by atoms with Gasteiger partial charge in [-0.2, -0.15) is 4.52 Å². The molecule has 9 heteroatoms. The highest BCUT2D eigenvalue weighted by molar-refractivity contribution is 5.93. The summed E-state index contributed by atoms with van der Waals surface area (Å²) in [5.41, 5.74) is 7.64. The SMILES string of the molecule is CC(C)C(NC(=O)c1cc2nc(-c3ccco3)nn2c(N)n1)c1ccn(C)c1. The van der Waals surface area contributed by atoms with Gasteiger partial charge < -0.3 is 20.0 Å². The lowest BCUT2D eigenvalue weighted by molar-refractivity contribution is 0.0920. The van der Waals surface area contributed by atoms with E-state index in [0.717, 1.165) is 5.56 Å². The number of amides is 1. The molecule has 4 aromatic rings. The summed E-state index contributed by atoms with van der Waals surface area (Å²) in [7, 11) is 1.95. The number of hydrogen-bond acceptors (Lipinski definition) is 6. The normalized spacial score (nSPS) is 12.6. The number of anilines is 1. The van der Waals surface area contributed by atoms with E-state index >= 15 is 0 Å². The average Bonchev–Trinajstić information content (AvgIpc) is 3.38. The van der Waals surface area contributed by atoms with Gasteiger partial charge in [-0.25, -0.2) is 9.97 Å². The van der Waals surface area contributed by atoms with E-state index in [1.165, 1.54) is 10.8 Å². The Kier molecular flexibility index (Phi) is 4.34. The van der Waals surface area contributed by atoms with Crippen molar-refractivity contribution in [2.75, 3.05) is 5.73 Å². The predicted molar refractivity (Wildman–Crippen MR) is 103 cm³/mol. The summed E-state index contributed by atoms with van der Waals surface area (Å²) in [6.45, 7) is 4.11. The van der Waals surface area contributed by atoms with Crippen molar-refractivity contribution in [3.63, 3.8) is 0 Å². The monoisotopic (exact) mass is 379 g/mol. The number of hydrogen-bond donors (Lipinski definition) is 2. The smallest absolute Gasteiger partial charge is 0.270 e. The fraction of sp³-hybridized carbons (Fsp3) is 0.263. The number of fused-ring (bicyclic) bond motifs is 1. The highest BCUT2D eigenvalue weighted by Gasteiger charge is 2.22. The van der Waals surface area contributed by atoms with Gasteiger partial charge in [-0.1, -0.05) is 13.8 Å². The first-order valence-electron chi connectivity index (χ1n) is 8.92. The molecule has 0 aromatic carbocycles. The topological polar surface area (TPSA) is 116 Å². The van der Waals surface area contributed by atoms with Gasteiger partial charge >= 0.3 is 0 Å². The van der Waals surface area contributed by atoms with E-state index in [4.69, 9.17) is 10.2 Å². The molecule has 0 spiro atoms. The number of rotatable bonds is 5. The lowest BCUT2D eigenvalue weighted by atomic mass is 9.98. The number of carbonyl (C=O) groups excluding carboxylic acids is 1. The van der Waals surface area contributed by atoms with Gasteiger partial charge in [0.2, 0.25) is 11.8 Å². The zero-order valence-electron chi connectivity index (χ0n) is 15.8. The molecule has 9 nitrogen and oxygen atoms in total. The van der Waals surface area contributed by atoms with Crippen molar-refractivity contribution in [1.29, 1.82) is 0 Å². The molecule has 144 valence electrons. The second-order valence-corrected chi connectivity index (χ2v) is 6.99. The number of nitrogens with zero attached hydrogens (tertiary/aromatic N) is 5. The molecule has 1 amide bonds. The first kappa shape index (κ1) is 17.8. The van der Waals surface area contributed by atoms with Crippen molar-refractivity contribution in [3.8, 4) is 11.6 Å². The molecule has 1 unspecified atom stereocenters. The Morgan fingerprint density at radius 3 is 2.75 bits per heavy atom. The van der Waals surface area contributed by atoms with Crippen molar-refractivity contribution in [1.82, 2.24) is 29.5 Å². The number of furan rings is 1. The van der Waals surface area contributed by atoms with Crippen LogP contribution in [0.2, 0.25) is 0 Å². The van der Waals surface area contributed by atoms with E-state index < -0.39 is 0 Å². The molecule has 28 heavy (non-hydrogen) atoms. The minimum Gasteiger partial charge on any atom is -0.461 e. The molecular weight excluding hydrogens is 358 g/mol. The lowest BCUT2D eigenvalue weighted by Crippen LogP contribution is -2.32. The predicted octanol–water partition coefficient (Wildman–Crippen LogP) is 2.43. The van der Waals surface area contributed by atoms with E-state index in [1.54, 1.807) is 18.2 Å². The average molecular weight is 379 g/mol. The van der Waals surface area contributed by atoms with Gasteiger partial charge in [0, 0.05) is 25.5 Å². The number of nitrogens with two attached hydrogens (primary N) is 1. The fourth-order valence-electron chi connectivity index (χ4n) is 3.10. The highest BCUT2D eigenvalue weighted by Crippen LogP contribution is 2.23. The van der Waals surface area contributed by atoms with Crippen molar-refractivity contribution in [2.24, 2.45) is 13.0 Å². The molecule has 0 bridgehead atoms. The van der Waals surface area contributed by atoms with E-state index in [2.05, 4.69) is 34.2 Å². The molecule has 1 atom stereocenters. The molecule has 0 aliphatic heterocycles. The first-order chi connectivity index (χ1) is 13.4. The first-order valence-corrected chi connectivity index (χ1v) is 8.92. The summed E-state index contributed by atoms with van der Waals surface area (Å²) in [6, 6.07) is 6.90. The van der Waals surface area contributed by atoms with E-state index in [9.17, 15) is 4.79 Å². The van der Waals surface area contributed by atoms with Gasteiger partial charge in [-0.05, 0) is 29.7 Å². The second-order valence-electron chi connectivity index (χ2n) is 6.99. The molecule has 4 aromatic heterocycles. The lowest BCUT2D eigenvalue weighted by Gasteiger charge is -2.21. The number of nitrogens with one attached hydrogen (secondary N) is 1. The van der Waals surface area contributed by atoms with Gasteiger partial charge in [0.05, 0.1) is 12.3 Å². The quantitative estimate of drug-likeness (QED) is 0.550. The second kappa shape index (κ2) is 6.84. The van der Waals surface area contributed by atoms with E-state index in [1.807, 2.05) is 30.1 Å². The number of aromatic nitrogens is 5. The minimum absolute atomic E-state index is 0.0776. The largest absolute Gasteiger partial charge is 0.461 e. The van der Waals surface area contributed by atoms with Gasteiger partial charge in [-0.3, -0.25) is 4.79 Å². The molecule has 0 aliphatic carbocycles. The Hall–Kier alpha value is -3.62. The highest BCUT2D eigenvalue weighted by atomic mass is 16.3. The Balaban J connectivity index is 1.65. The van der Waals surface area contributed by atoms with Crippen molar-refractivity contribution in [2.45, 2.75) is 19.9 Å². The third kappa shape index (κ3) is 3.22. The maximum Gasteiger partial charge on any atom is 0.270 e. The Morgan fingerprint density at radius 1 is 1.29 bits per heavy atom. The van der Waals surface area contributed by atoms with Crippen molar-refractivity contribution in [3.05, 3.63) is 54.2 Å². The van der Waals surface area contributed by atoms with Crippen LogP contribution >= 0.6 is 0 Å². The molecule has 4 heterocycles. The summed E-state index contributed by atoms with van der Waals surface area (Å²) in [4.78, 5) is 21.4. The van der Waals surface area contributed by atoms with Crippen LogP contribution in [-0.4, -0.2) is 30.1 Å². The Labute approximate surface area is 161 Å². The molecule has 0 saturated heterocycles. The number of aryl methyl sites for hydroxylation is 1. The van der Waals surface area contributed by atoms with Crippen LogP contribution in [0.4, 0.5) is 5.95 Å². The van der Waals surface area contributed by atoms with Crippen molar-refractivity contribution < 1.29 is 9.21 Å². The van der Waals surface area contributed by atoms with Crippen LogP contribution in [0.25, 0.3) is 17.2 Å². The molecular formula is C19H21N7O2. The standard InChI is InChI=1S/C19H21N7O2/c1-11(2)16(12-6-7-25(3)10-12)23-18(27)13-9-15-22-17(14-5-4-8-28-14)24-26(15)19(20)21-13/h4-11,16H,1-3H3,(H2,20,21)(H,23,27). The minimum atomic E-state index is -0.320. The summed E-state index contributed by atoms with van der Waals surface area (Å²) in [5.74, 6) is 0.845. The summed E-state index contributed by atoms with van der Waals surface area (Å²) < 4.78 is 8.65. The molecule has 0 fully saturated rings. The molecule has 0 aliphatic rings. The van der Waals surface area contributed by atoms with E-state index in [-0.39, 0.29) is 29.5 Å². The van der Waals surface area contributed by atoms with Crippen LogP contribution in [0.3, 0.4) is 0 Å². The van der Waals surface area contributed by atoms with Crippen LogP contribution in [0.5, 0.6) is 0 Å². The van der Waals surface area contributed by atoms with Crippen molar-refractivity contribution >= 4 is 17.5 Å². The summed E-state index contributed by atoms with van der Waals surface area (Å²) in [6.07, 6.45) is 5.48. The maximum atomic E-state index is 12.9.